The Morgan fingerprint density at radius 2 is 1.74 bits per heavy atom. The van der Waals surface area contributed by atoms with Crippen molar-refractivity contribution in [3.63, 3.8) is 0 Å². The van der Waals surface area contributed by atoms with E-state index in [1.165, 1.54) is 11.1 Å². The lowest BCUT2D eigenvalue weighted by Crippen LogP contribution is -2.17. The van der Waals surface area contributed by atoms with Gasteiger partial charge in [-0.2, -0.15) is 0 Å². The van der Waals surface area contributed by atoms with E-state index in [0.717, 1.165) is 34.4 Å². The first-order chi connectivity index (χ1) is 15.3. The Bertz CT molecular complexity index is 1290. The maximum Gasteiger partial charge on any atom is 0.100 e. The van der Waals surface area contributed by atoms with E-state index in [0.29, 0.717) is 0 Å². The number of nitrogens with zero attached hydrogens (tertiary/aromatic N) is 3. The van der Waals surface area contributed by atoms with Gasteiger partial charge in [-0.05, 0) is 53.9 Å². The van der Waals surface area contributed by atoms with Crippen molar-refractivity contribution in [1.82, 2.24) is 19.9 Å². The molecule has 0 fully saturated rings. The van der Waals surface area contributed by atoms with E-state index in [-0.39, 0.29) is 6.04 Å². The molecule has 0 aliphatic carbocycles. The number of benzene rings is 3. The normalized spacial score (nSPS) is 12.2. The topological polar surface area (TPSA) is 42.7 Å². The van der Waals surface area contributed by atoms with Gasteiger partial charge in [0, 0.05) is 36.2 Å². The molecule has 1 unspecified atom stereocenters. The first-order valence-corrected chi connectivity index (χ1v) is 10.5. The molecular formula is C27H24N4. The molecule has 1 atom stereocenters. The molecule has 0 aliphatic rings. The number of rotatable bonds is 6. The Hall–Kier alpha value is -3.76. The predicted octanol–water partition coefficient (Wildman–Crippen LogP) is 5.94. The summed E-state index contributed by atoms with van der Waals surface area (Å²) in [7, 11) is 0. The summed E-state index contributed by atoms with van der Waals surface area (Å²) in [5.74, 6) is 0. The van der Waals surface area contributed by atoms with Gasteiger partial charge in [0.15, 0.2) is 0 Å². The van der Waals surface area contributed by atoms with Crippen molar-refractivity contribution in [1.29, 1.82) is 0 Å². The van der Waals surface area contributed by atoms with Crippen LogP contribution in [0.1, 0.15) is 24.1 Å². The number of nitrogens with one attached hydrogen (secondary N) is 1. The summed E-state index contributed by atoms with van der Waals surface area (Å²) in [5.41, 5.74) is 7.95. The van der Waals surface area contributed by atoms with Crippen LogP contribution in [0.5, 0.6) is 0 Å². The molecule has 2 aromatic heterocycles. The lowest BCUT2D eigenvalue weighted by molar-refractivity contribution is 0.575. The van der Waals surface area contributed by atoms with Crippen LogP contribution in [-0.2, 0) is 6.54 Å². The number of hydrogen-bond acceptors (Lipinski definition) is 3. The van der Waals surface area contributed by atoms with Gasteiger partial charge >= 0.3 is 0 Å². The largest absolute Gasteiger partial charge is 0.306 e. The van der Waals surface area contributed by atoms with Gasteiger partial charge in [0.05, 0.1) is 11.0 Å². The van der Waals surface area contributed by atoms with Crippen molar-refractivity contribution >= 4 is 11.0 Å². The molecule has 0 saturated carbocycles. The molecule has 31 heavy (non-hydrogen) atoms. The van der Waals surface area contributed by atoms with Crippen LogP contribution in [-0.4, -0.2) is 14.5 Å². The molecule has 0 aliphatic heterocycles. The first-order valence-electron chi connectivity index (χ1n) is 10.5. The van der Waals surface area contributed by atoms with Gasteiger partial charge in [0.25, 0.3) is 0 Å². The Kier molecular flexibility index (Phi) is 5.29. The van der Waals surface area contributed by atoms with Crippen LogP contribution in [0, 0.1) is 0 Å². The van der Waals surface area contributed by atoms with Crippen LogP contribution in [0.25, 0.3) is 27.8 Å². The highest BCUT2D eigenvalue weighted by Gasteiger charge is 2.10. The van der Waals surface area contributed by atoms with Gasteiger partial charge in [0.1, 0.15) is 6.33 Å². The van der Waals surface area contributed by atoms with Gasteiger partial charge < -0.3 is 5.32 Å². The van der Waals surface area contributed by atoms with Crippen LogP contribution in [0.4, 0.5) is 0 Å². The third-order valence-corrected chi connectivity index (χ3v) is 5.65. The molecule has 4 heteroatoms. The predicted molar refractivity (Wildman–Crippen MR) is 126 cm³/mol. The highest BCUT2D eigenvalue weighted by Crippen LogP contribution is 2.25. The van der Waals surface area contributed by atoms with Crippen molar-refractivity contribution in [2.45, 2.75) is 19.5 Å². The fraction of sp³-hybridized carbons (Fsp3) is 0.111. The van der Waals surface area contributed by atoms with E-state index in [1.54, 1.807) is 6.20 Å². The maximum atomic E-state index is 4.68. The molecule has 0 saturated heterocycles. The van der Waals surface area contributed by atoms with Gasteiger partial charge in [0.2, 0.25) is 0 Å². The lowest BCUT2D eigenvalue weighted by atomic mass is 10.1. The van der Waals surface area contributed by atoms with Crippen LogP contribution < -0.4 is 5.32 Å². The molecular weight excluding hydrogens is 380 g/mol. The summed E-state index contributed by atoms with van der Waals surface area (Å²) in [4.78, 5) is 8.92. The summed E-state index contributed by atoms with van der Waals surface area (Å²) in [6, 6.07) is 29.8. The fourth-order valence-electron chi connectivity index (χ4n) is 3.86. The number of hydrogen-bond donors (Lipinski definition) is 1. The Morgan fingerprint density at radius 1 is 0.871 bits per heavy atom. The summed E-state index contributed by atoms with van der Waals surface area (Å²) in [6.45, 7) is 3.04. The molecule has 3 aromatic carbocycles. The zero-order valence-electron chi connectivity index (χ0n) is 17.4. The van der Waals surface area contributed by atoms with Crippen LogP contribution in [0.3, 0.4) is 0 Å². The van der Waals surface area contributed by atoms with Crippen molar-refractivity contribution in [2.75, 3.05) is 0 Å². The Balaban J connectivity index is 1.40. The minimum atomic E-state index is 0.240. The zero-order valence-corrected chi connectivity index (χ0v) is 17.4. The number of aromatic nitrogens is 3. The van der Waals surface area contributed by atoms with E-state index in [4.69, 9.17) is 0 Å². The van der Waals surface area contributed by atoms with E-state index in [1.807, 2.05) is 24.7 Å². The van der Waals surface area contributed by atoms with E-state index >= 15 is 0 Å². The summed E-state index contributed by atoms with van der Waals surface area (Å²) < 4.78 is 2.14. The van der Waals surface area contributed by atoms with Crippen molar-refractivity contribution < 1.29 is 0 Å². The van der Waals surface area contributed by atoms with E-state index in [9.17, 15) is 0 Å². The fourth-order valence-corrected chi connectivity index (χ4v) is 3.86. The van der Waals surface area contributed by atoms with Crippen molar-refractivity contribution in [3.8, 4) is 16.8 Å². The molecule has 2 heterocycles. The molecule has 5 rings (SSSR count). The summed E-state index contributed by atoms with van der Waals surface area (Å²) >= 11 is 0. The van der Waals surface area contributed by atoms with Crippen LogP contribution >= 0.6 is 0 Å². The molecule has 0 amide bonds. The summed E-state index contributed by atoms with van der Waals surface area (Å²) in [6.07, 6.45) is 5.59. The number of imidazole rings is 1. The van der Waals surface area contributed by atoms with E-state index < -0.39 is 0 Å². The third kappa shape index (κ3) is 4.11. The minimum Gasteiger partial charge on any atom is -0.306 e. The van der Waals surface area contributed by atoms with Gasteiger partial charge in [-0.1, -0.05) is 54.6 Å². The molecule has 152 valence electrons. The van der Waals surface area contributed by atoms with Gasteiger partial charge in [-0.3, -0.25) is 9.55 Å². The standard InChI is InChI=1S/C27H24N4/c1-20(29-17-21-7-3-2-4-8-21)22-12-13-27-26(16-22)30-19-31(27)25-11-5-9-23(15-25)24-10-6-14-28-18-24/h2-16,18-20,29H,17H2,1H3. The SMILES string of the molecule is CC(NCc1ccccc1)c1ccc2c(c1)ncn2-c1cccc(-c2cccnc2)c1. The molecule has 5 aromatic rings. The Labute approximate surface area is 182 Å². The van der Waals surface area contributed by atoms with Crippen LogP contribution in [0.2, 0.25) is 0 Å². The average Bonchev–Trinajstić information content (AvgIpc) is 3.27. The lowest BCUT2D eigenvalue weighted by Gasteiger charge is -2.15. The third-order valence-electron chi connectivity index (χ3n) is 5.65. The summed E-state index contributed by atoms with van der Waals surface area (Å²) in [5, 5.41) is 3.60. The van der Waals surface area contributed by atoms with Crippen molar-refractivity contribution in [2.24, 2.45) is 0 Å². The number of fused-ring (bicyclic) bond motifs is 1. The minimum absolute atomic E-state index is 0.240. The average molecular weight is 405 g/mol. The highest BCUT2D eigenvalue weighted by molar-refractivity contribution is 5.79. The van der Waals surface area contributed by atoms with Crippen LogP contribution in [0.15, 0.2) is 104 Å². The second-order valence-electron chi connectivity index (χ2n) is 7.74. The molecule has 4 nitrogen and oxygen atoms in total. The van der Waals surface area contributed by atoms with Gasteiger partial charge in [-0.15, -0.1) is 0 Å². The Morgan fingerprint density at radius 3 is 2.58 bits per heavy atom. The number of pyridine rings is 1. The molecule has 0 spiro atoms. The quantitative estimate of drug-likeness (QED) is 0.381. The smallest absolute Gasteiger partial charge is 0.100 e. The monoisotopic (exact) mass is 404 g/mol. The second kappa shape index (κ2) is 8.54. The van der Waals surface area contributed by atoms with Gasteiger partial charge in [-0.25, -0.2) is 4.98 Å². The second-order valence-corrected chi connectivity index (χ2v) is 7.74. The zero-order chi connectivity index (χ0) is 21.0. The molecule has 0 bridgehead atoms. The molecule has 1 N–H and O–H groups in total. The first kappa shape index (κ1) is 19.2. The van der Waals surface area contributed by atoms with E-state index in [2.05, 4.69) is 99.6 Å². The molecule has 0 radical (unpaired) electrons. The van der Waals surface area contributed by atoms with Crippen molar-refractivity contribution in [3.05, 3.63) is 115 Å². The maximum absolute atomic E-state index is 4.68. The highest BCUT2D eigenvalue weighted by atomic mass is 15.0.